The maximum Gasteiger partial charge on any atom is 2.00 e. The Bertz CT molecular complexity index is 998. The molecule has 1 heterocycles. The predicted molar refractivity (Wildman–Crippen MR) is 120 cm³/mol. The van der Waals surface area contributed by atoms with Crippen molar-refractivity contribution in [1.82, 2.24) is 0 Å². The molecule has 0 saturated carbocycles. The zero-order valence-electron chi connectivity index (χ0n) is 17.5. The zero-order chi connectivity index (χ0) is 20.9. The van der Waals surface area contributed by atoms with Gasteiger partial charge in [0.05, 0.1) is 18.1 Å². The van der Waals surface area contributed by atoms with Crippen LogP contribution in [0, 0.1) is 6.07 Å². The van der Waals surface area contributed by atoms with Crippen molar-refractivity contribution in [3.63, 3.8) is 0 Å². The van der Waals surface area contributed by atoms with E-state index >= 15 is 0 Å². The summed E-state index contributed by atoms with van der Waals surface area (Å²) >= 11 is 0. The number of rotatable bonds is 7. The van der Waals surface area contributed by atoms with Gasteiger partial charge in [-0.05, 0) is 38.5 Å². The first-order valence-corrected chi connectivity index (χ1v) is 9.29. The average molecular weight is 590 g/mol. The van der Waals surface area contributed by atoms with E-state index in [0.717, 1.165) is 11.1 Å². The number of nitrogens with zero attached hydrogens (tertiary/aromatic N) is 1. The summed E-state index contributed by atoms with van der Waals surface area (Å²) in [6, 6.07) is 15.1. The van der Waals surface area contributed by atoms with Gasteiger partial charge in [0.2, 0.25) is 0 Å². The Balaban J connectivity index is 0.00000240. The SMILES string of the molecule is CC(C)(O)CCN=Cc1cc(NC(=O)c2c[c-]ccc2)c(-c2ccoc2)cc1N.[NH2-].[W+2]. The van der Waals surface area contributed by atoms with E-state index in [-0.39, 0.29) is 33.1 Å². The molecule has 1 amide bonds. The number of carbonyl (C=O) groups is 1. The maximum absolute atomic E-state index is 12.7. The minimum absolute atomic E-state index is 0. The number of aliphatic imine (C=N–C) groups is 1. The monoisotopic (exact) mass is 590 g/mol. The second-order valence-corrected chi connectivity index (χ2v) is 7.38. The molecule has 0 unspecified atom stereocenters. The van der Waals surface area contributed by atoms with E-state index in [1.807, 2.05) is 0 Å². The molecule has 0 aliphatic carbocycles. The third-order valence-corrected chi connectivity index (χ3v) is 4.36. The van der Waals surface area contributed by atoms with E-state index < -0.39 is 5.60 Å². The molecule has 162 valence electrons. The third-order valence-electron chi connectivity index (χ3n) is 4.36. The molecule has 1 aromatic heterocycles. The minimum atomic E-state index is -0.778. The Morgan fingerprint density at radius 2 is 2.13 bits per heavy atom. The van der Waals surface area contributed by atoms with Crippen molar-refractivity contribution >= 4 is 23.5 Å². The molecule has 0 spiro atoms. The smallest absolute Gasteiger partial charge is 0.693 e. The predicted octanol–water partition coefficient (Wildman–Crippen LogP) is 4.88. The van der Waals surface area contributed by atoms with Crippen molar-refractivity contribution in [3.05, 3.63) is 78.3 Å². The van der Waals surface area contributed by atoms with E-state index in [0.29, 0.717) is 35.5 Å². The Hall–Kier alpha value is -2.73. The number of anilines is 2. The van der Waals surface area contributed by atoms with Crippen molar-refractivity contribution in [3.8, 4) is 11.1 Å². The van der Waals surface area contributed by atoms with Gasteiger partial charge in [-0.3, -0.25) is 9.79 Å². The fourth-order valence-electron chi connectivity index (χ4n) is 2.74. The molecule has 0 aliphatic rings. The van der Waals surface area contributed by atoms with Crippen molar-refractivity contribution in [2.75, 3.05) is 17.6 Å². The quantitative estimate of drug-likeness (QED) is 0.206. The first-order chi connectivity index (χ1) is 13.8. The Labute approximate surface area is 196 Å². The summed E-state index contributed by atoms with van der Waals surface area (Å²) in [6.45, 7) is 3.95. The molecule has 31 heavy (non-hydrogen) atoms. The standard InChI is InChI=1S/C23H24N3O3.H2N.W/c1-23(2,28)9-10-25-14-18-12-21(26-22(27)16-6-4-3-5-7-16)19(13-20(18)24)17-8-11-29-15-17;;/h3-4,6-8,11-15,28H,9-10,24H2,1-2H3,(H,26,27);1H2;/q2*-1;+2. The number of nitrogens with two attached hydrogens (primary N) is 2. The molecule has 3 rings (SSSR count). The summed E-state index contributed by atoms with van der Waals surface area (Å²) in [5, 5.41) is 12.7. The molecule has 8 heteroatoms. The van der Waals surface area contributed by atoms with Crippen LogP contribution < -0.4 is 11.1 Å². The van der Waals surface area contributed by atoms with Gasteiger partial charge in [0.1, 0.15) is 0 Å². The van der Waals surface area contributed by atoms with Gasteiger partial charge in [-0.15, -0.1) is 0 Å². The molecule has 7 nitrogen and oxygen atoms in total. The zero-order valence-corrected chi connectivity index (χ0v) is 20.4. The normalized spacial score (nSPS) is 10.9. The van der Waals surface area contributed by atoms with Crippen LogP contribution in [0.3, 0.4) is 0 Å². The number of amides is 1. The summed E-state index contributed by atoms with van der Waals surface area (Å²) in [5.41, 5.74) is 9.30. The van der Waals surface area contributed by atoms with E-state index in [2.05, 4.69) is 16.4 Å². The number of nitrogens with one attached hydrogen (secondary N) is 1. The van der Waals surface area contributed by atoms with Gasteiger partial charge in [0.15, 0.2) is 5.91 Å². The molecule has 0 radical (unpaired) electrons. The van der Waals surface area contributed by atoms with Gasteiger partial charge < -0.3 is 26.7 Å². The van der Waals surface area contributed by atoms with Gasteiger partial charge in [0.25, 0.3) is 0 Å². The van der Waals surface area contributed by atoms with Gasteiger partial charge in [-0.2, -0.15) is 30.3 Å². The second kappa shape index (κ2) is 11.6. The number of aliphatic hydroxyl groups is 1. The molecular formula is C23H26N4O3W. The fraction of sp³-hybridized carbons (Fsp3) is 0.217. The van der Waals surface area contributed by atoms with Gasteiger partial charge in [-0.25, -0.2) is 0 Å². The van der Waals surface area contributed by atoms with E-state index in [9.17, 15) is 9.90 Å². The Morgan fingerprint density at radius 3 is 2.74 bits per heavy atom. The van der Waals surface area contributed by atoms with Gasteiger partial charge in [0, 0.05) is 40.8 Å². The Kier molecular flexibility index (Phi) is 9.85. The summed E-state index contributed by atoms with van der Waals surface area (Å²) < 4.78 is 5.19. The molecule has 0 aliphatic heterocycles. The van der Waals surface area contributed by atoms with Crippen LogP contribution >= 0.6 is 0 Å². The first kappa shape index (κ1) is 26.3. The van der Waals surface area contributed by atoms with Crippen LogP contribution in [-0.2, 0) is 21.1 Å². The average Bonchev–Trinajstić information content (AvgIpc) is 3.21. The van der Waals surface area contributed by atoms with Crippen LogP contribution in [0.15, 0.2) is 64.4 Å². The number of carbonyl (C=O) groups excluding carboxylic acids is 1. The molecule has 0 bridgehead atoms. The van der Waals surface area contributed by atoms with Crippen molar-refractivity contribution < 1.29 is 35.4 Å². The third kappa shape index (κ3) is 7.47. The second-order valence-electron chi connectivity index (χ2n) is 7.38. The van der Waals surface area contributed by atoms with Crippen LogP contribution in [0.25, 0.3) is 17.3 Å². The molecule has 0 fully saturated rings. The van der Waals surface area contributed by atoms with Crippen LogP contribution in [0.5, 0.6) is 0 Å². The first-order valence-electron chi connectivity index (χ1n) is 9.29. The summed E-state index contributed by atoms with van der Waals surface area (Å²) in [5.74, 6) is -0.249. The molecule has 0 atom stereocenters. The molecule has 2 aromatic carbocycles. The molecule has 6 N–H and O–H groups in total. The van der Waals surface area contributed by atoms with Gasteiger partial charge in [-0.1, -0.05) is 5.56 Å². The number of furan rings is 1. The van der Waals surface area contributed by atoms with Crippen LogP contribution in [0.1, 0.15) is 36.2 Å². The number of nitrogen functional groups attached to an aromatic ring is 1. The van der Waals surface area contributed by atoms with Crippen LogP contribution in [0.2, 0.25) is 0 Å². The van der Waals surface area contributed by atoms with Crippen molar-refractivity contribution in [2.45, 2.75) is 25.9 Å². The van der Waals surface area contributed by atoms with Crippen molar-refractivity contribution in [1.29, 1.82) is 0 Å². The number of hydrogen-bond acceptors (Lipinski definition) is 5. The van der Waals surface area contributed by atoms with Crippen LogP contribution in [-0.4, -0.2) is 29.4 Å². The largest absolute Gasteiger partial charge is 2.00 e. The van der Waals surface area contributed by atoms with Crippen LogP contribution in [0.4, 0.5) is 11.4 Å². The molecule has 0 saturated heterocycles. The molecular weight excluding hydrogens is 564 g/mol. The topological polar surface area (TPSA) is 134 Å². The summed E-state index contributed by atoms with van der Waals surface area (Å²) in [4.78, 5) is 17.0. The summed E-state index contributed by atoms with van der Waals surface area (Å²) in [6.07, 6.45) is 5.35. The molecule has 3 aromatic rings. The number of benzene rings is 2. The maximum atomic E-state index is 12.7. The van der Waals surface area contributed by atoms with E-state index in [1.54, 1.807) is 75.1 Å². The Morgan fingerprint density at radius 1 is 1.35 bits per heavy atom. The van der Waals surface area contributed by atoms with E-state index in [1.165, 1.54) is 0 Å². The van der Waals surface area contributed by atoms with E-state index in [4.69, 9.17) is 10.2 Å². The number of hydrogen-bond donors (Lipinski definition) is 3. The van der Waals surface area contributed by atoms with Gasteiger partial charge >= 0.3 is 21.1 Å². The summed E-state index contributed by atoms with van der Waals surface area (Å²) in [7, 11) is 0. The fourth-order valence-corrected chi connectivity index (χ4v) is 2.74. The van der Waals surface area contributed by atoms with Crippen molar-refractivity contribution in [2.24, 2.45) is 4.99 Å². The minimum Gasteiger partial charge on any atom is -0.693 e.